The van der Waals surface area contributed by atoms with E-state index in [9.17, 15) is 4.79 Å². The fourth-order valence-electron chi connectivity index (χ4n) is 2.25. The summed E-state index contributed by atoms with van der Waals surface area (Å²) in [7, 11) is 0. The molecule has 1 heterocycles. The lowest BCUT2D eigenvalue weighted by Gasteiger charge is -2.06. The number of benzene rings is 1. The maximum atomic E-state index is 11.8. The largest absolute Gasteiger partial charge is 0.354 e. The van der Waals surface area contributed by atoms with Crippen molar-refractivity contribution in [1.82, 2.24) is 9.88 Å². The number of hydrogen-bond donors (Lipinski definition) is 1. The van der Waals surface area contributed by atoms with Gasteiger partial charge < -0.3 is 9.88 Å². The molecule has 0 atom stereocenters. The fourth-order valence-corrected chi connectivity index (χ4v) is 2.25. The first-order valence-electron chi connectivity index (χ1n) is 6.52. The molecule has 0 saturated heterocycles. The van der Waals surface area contributed by atoms with Crippen LogP contribution in [0.5, 0.6) is 0 Å². The quantitative estimate of drug-likeness (QED) is 0.906. The molecule has 1 aromatic carbocycles. The Labute approximate surface area is 111 Å². The molecular weight excluding hydrogens is 238 g/mol. The van der Waals surface area contributed by atoms with Crippen LogP contribution >= 0.6 is 0 Å². The Kier molecular flexibility index (Phi) is 2.96. The van der Waals surface area contributed by atoms with E-state index in [1.165, 1.54) is 12.8 Å². The highest BCUT2D eigenvalue weighted by molar-refractivity contribution is 5.87. The van der Waals surface area contributed by atoms with Crippen molar-refractivity contribution >= 4 is 16.8 Å². The van der Waals surface area contributed by atoms with Gasteiger partial charge in [-0.1, -0.05) is 6.07 Å². The van der Waals surface area contributed by atoms with Gasteiger partial charge >= 0.3 is 0 Å². The summed E-state index contributed by atoms with van der Waals surface area (Å²) >= 11 is 0. The number of carbonyl (C=O) groups is 1. The number of nitrogens with one attached hydrogen (secondary N) is 1. The van der Waals surface area contributed by atoms with Gasteiger partial charge in [-0.15, -0.1) is 0 Å². The summed E-state index contributed by atoms with van der Waals surface area (Å²) in [4.78, 5) is 11.8. The Morgan fingerprint density at radius 3 is 3.00 bits per heavy atom. The van der Waals surface area contributed by atoms with Gasteiger partial charge in [-0.3, -0.25) is 4.79 Å². The minimum Gasteiger partial charge on any atom is -0.354 e. The molecule has 1 amide bonds. The average molecular weight is 253 g/mol. The van der Waals surface area contributed by atoms with E-state index < -0.39 is 0 Å². The molecule has 0 bridgehead atoms. The number of amides is 1. The third-order valence-electron chi connectivity index (χ3n) is 3.53. The van der Waals surface area contributed by atoms with E-state index >= 15 is 0 Å². The van der Waals surface area contributed by atoms with Crippen molar-refractivity contribution in [2.45, 2.75) is 19.4 Å². The molecule has 1 aliphatic rings. The lowest BCUT2D eigenvalue weighted by Crippen LogP contribution is -2.29. The summed E-state index contributed by atoms with van der Waals surface area (Å²) in [5, 5.41) is 12.9. The van der Waals surface area contributed by atoms with Crippen LogP contribution in [0.15, 0.2) is 30.5 Å². The number of fused-ring (bicyclic) bond motifs is 1. The van der Waals surface area contributed by atoms with Crippen molar-refractivity contribution in [3.63, 3.8) is 0 Å². The van der Waals surface area contributed by atoms with Gasteiger partial charge in [-0.05, 0) is 37.0 Å². The zero-order valence-corrected chi connectivity index (χ0v) is 10.6. The van der Waals surface area contributed by atoms with Crippen LogP contribution in [0.4, 0.5) is 0 Å². The smallest absolute Gasteiger partial charge is 0.239 e. The maximum Gasteiger partial charge on any atom is 0.239 e. The molecule has 2 aromatic rings. The molecular formula is C15H15N3O. The lowest BCUT2D eigenvalue weighted by molar-refractivity contribution is -0.121. The van der Waals surface area contributed by atoms with Gasteiger partial charge in [0.05, 0.1) is 11.6 Å². The summed E-state index contributed by atoms with van der Waals surface area (Å²) in [5.74, 6) is 0.724. The molecule has 19 heavy (non-hydrogen) atoms. The topological polar surface area (TPSA) is 57.8 Å². The normalized spacial score (nSPS) is 14.3. The highest BCUT2D eigenvalue weighted by Crippen LogP contribution is 2.27. The van der Waals surface area contributed by atoms with E-state index in [2.05, 4.69) is 11.4 Å². The highest BCUT2D eigenvalue weighted by atomic mass is 16.1. The van der Waals surface area contributed by atoms with E-state index in [0.29, 0.717) is 18.0 Å². The number of nitrogens with zero attached hydrogens (tertiary/aromatic N) is 2. The van der Waals surface area contributed by atoms with E-state index in [0.717, 1.165) is 17.4 Å². The molecule has 1 aromatic heterocycles. The number of aromatic nitrogens is 1. The van der Waals surface area contributed by atoms with Crippen molar-refractivity contribution in [2.75, 3.05) is 6.54 Å². The van der Waals surface area contributed by atoms with Crippen molar-refractivity contribution < 1.29 is 4.79 Å². The Hall–Kier alpha value is -2.28. The number of carbonyl (C=O) groups excluding carboxylic acids is 1. The molecule has 0 spiro atoms. The van der Waals surface area contributed by atoms with Gasteiger partial charge in [0, 0.05) is 23.6 Å². The summed E-state index contributed by atoms with van der Waals surface area (Å²) < 4.78 is 1.89. The molecule has 0 unspecified atom stereocenters. The van der Waals surface area contributed by atoms with Crippen LogP contribution in [0.25, 0.3) is 10.9 Å². The van der Waals surface area contributed by atoms with Crippen molar-refractivity contribution in [1.29, 1.82) is 5.26 Å². The molecule has 4 heteroatoms. The molecule has 3 rings (SSSR count). The first kappa shape index (κ1) is 11.8. The second kappa shape index (κ2) is 4.77. The predicted molar refractivity (Wildman–Crippen MR) is 72.4 cm³/mol. The van der Waals surface area contributed by atoms with E-state index in [1.54, 1.807) is 6.07 Å². The zero-order chi connectivity index (χ0) is 13.2. The molecule has 0 radical (unpaired) electrons. The Balaban J connectivity index is 1.77. The highest BCUT2D eigenvalue weighted by Gasteiger charge is 2.21. The first-order valence-corrected chi connectivity index (χ1v) is 6.52. The Bertz CT molecular complexity index is 662. The zero-order valence-electron chi connectivity index (χ0n) is 10.6. The van der Waals surface area contributed by atoms with E-state index in [4.69, 9.17) is 5.26 Å². The van der Waals surface area contributed by atoms with Crippen LogP contribution in [0.2, 0.25) is 0 Å². The minimum atomic E-state index is 0.0340. The Morgan fingerprint density at radius 2 is 2.26 bits per heavy atom. The second-order valence-corrected chi connectivity index (χ2v) is 5.04. The van der Waals surface area contributed by atoms with Crippen LogP contribution in [0.3, 0.4) is 0 Å². The lowest BCUT2D eigenvalue weighted by atomic mass is 10.1. The van der Waals surface area contributed by atoms with Crippen LogP contribution in [-0.4, -0.2) is 17.0 Å². The van der Waals surface area contributed by atoms with E-state index in [1.807, 2.05) is 29.0 Å². The van der Waals surface area contributed by atoms with Gasteiger partial charge in [0.25, 0.3) is 0 Å². The van der Waals surface area contributed by atoms with Gasteiger partial charge in [0.15, 0.2) is 0 Å². The van der Waals surface area contributed by atoms with Crippen molar-refractivity contribution in [3.05, 3.63) is 36.0 Å². The minimum absolute atomic E-state index is 0.0340. The van der Waals surface area contributed by atoms with Crippen molar-refractivity contribution in [2.24, 2.45) is 5.92 Å². The number of hydrogen-bond acceptors (Lipinski definition) is 2. The third-order valence-corrected chi connectivity index (χ3v) is 3.53. The molecule has 1 N–H and O–H groups in total. The predicted octanol–water partition coefficient (Wildman–Crippen LogP) is 2.04. The maximum absolute atomic E-state index is 11.8. The molecule has 1 saturated carbocycles. The molecule has 4 nitrogen and oxygen atoms in total. The molecule has 1 aliphatic carbocycles. The molecule has 1 fully saturated rings. The monoisotopic (exact) mass is 253 g/mol. The van der Waals surface area contributed by atoms with Crippen LogP contribution in [-0.2, 0) is 11.3 Å². The number of rotatable bonds is 4. The summed E-state index contributed by atoms with van der Waals surface area (Å²) in [6, 6.07) is 9.64. The molecule has 0 aliphatic heterocycles. The first-order chi connectivity index (χ1) is 9.28. The SMILES string of the molecule is N#Cc1cccc2c1ccn2CC(=O)NCC1CC1. The van der Waals surface area contributed by atoms with Crippen LogP contribution in [0.1, 0.15) is 18.4 Å². The van der Waals surface area contributed by atoms with Crippen molar-refractivity contribution in [3.8, 4) is 6.07 Å². The Morgan fingerprint density at radius 1 is 1.42 bits per heavy atom. The van der Waals surface area contributed by atoms with Crippen LogP contribution < -0.4 is 5.32 Å². The van der Waals surface area contributed by atoms with E-state index in [-0.39, 0.29) is 5.91 Å². The fraction of sp³-hybridized carbons (Fsp3) is 0.333. The van der Waals surface area contributed by atoms with Crippen LogP contribution in [0, 0.1) is 17.2 Å². The van der Waals surface area contributed by atoms with Gasteiger partial charge in [-0.25, -0.2) is 0 Å². The summed E-state index contributed by atoms with van der Waals surface area (Å²) in [6.45, 7) is 1.10. The third kappa shape index (κ3) is 2.45. The number of nitriles is 1. The summed E-state index contributed by atoms with van der Waals surface area (Å²) in [6.07, 6.45) is 4.33. The average Bonchev–Trinajstić information content (AvgIpc) is 3.18. The van der Waals surface area contributed by atoms with Gasteiger partial charge in [-0.2, -0.15) is 5.26 Å². The van der Waals surface area contributed by atoms with Gasteiger partial charge in [0.1, 0.15) is 6.54 Å². The van der Waals surface area contributed by atoms with Gasteiger partial charge in [0.2, 0.25) is 5.91 Å². The molecule has 96 valence electrons. The summed E-state index contributed by atoms with van der Waals surface area (Å²) in [5.41, 5.74) is 1.58. The second-order valence-electron chi connectivity index (χ2n) is 5.04. The standard InChI is InChI=1S/C15H15N3O/c16-8-12-2-1-3-14-13(12)6-7-18(14)10-15(19)17-9-11-4-5-11/h1-3,6-7,11H,4-5,9-10H2,(H,17,19).